The molecule has 1 rings (SSSR count). The summed E-state index contributed by atoms with van der Waals surface area (Å²) in [5.74, 6) is 0.577. The fourth-order valence-corrected chi connectivity index (χ4v) is 1.64. The molecule has 0 aromatic carbocycles. The Kier molecular flexibility index (Phi) is 6.18. The van der Waals surface area contributed by atoms with E-state index in [0.717, 1.165) is 39.1 Å². The van der Waals surface area contributed by atoms with Crippen LogP contribution in [0.3, 0.4) is 0 Å². The van der Waals surface area contributed by atoms with E-state index in [4.69, 9.17) is 4.74 Å². The molecule has 1 fully saturated rings. The molecule has 0 aliphatic carbocycles. The van der Waals surface area contributed by atoms with E-state index in [1.54, 1.807) is 0 Å². The van der Waals surface area contributed by atoms with E-state index in [2.05, 4.69) is 10.6 Å². The number of hydrogen-bond donors (Lipinski definition) is 2. The molecule has 0 bridgehead atoms. The van der Waals surface area contributed by atoms with Crippen molar-refractivity contribution in [3.05, 3.63) is 0 Å². The zero-order chi connectivity index (χ0) is 11.8. The Morgan fingerprint density at radius 2 is 2.00 bits per heavy atom. The molecule has 5 heteroatoms. The second kappa shape index (κ2) is 7.46. The minimum Gasteiger partial charge on any atom is -0.381 e. The zero-order valence-electron chi connectivity index (χ0n) is 10.3. The Balaban J connectivity index is 2.00. The normalized spacial score (nSPS) is 17.4. The molecule has 0 unspecified atom stereocenters. The maximum absolute atomic E-state index is 11.4. The summed E-state index contributed by atoms with van der Waals surface area (Å²) in [6.07, 6.45) is 2.11. The molecule has 0 aromatic rings. The molecule has 1 aliphatic heterocycles. The summed E-state index contributed by atoms with van der Waals surface area (Å²) >= 11 is 0. The van der Waals surface area contributed by atoms with Crippen LogP contribution in [0.2, 0.25) is 0 Å². The Bertz CT molecular complexity index is 203. The largest absolute Gasteiger partial charge is 0.381 e. The highest BCUT2D eigenvalue weighted by Crippen LogP contribution is 2.12. The zero-order valence-corrected chi connectivity index (χ0v) is 10.3. The number of urea groups is 1. The summed E-state index contributed by atoms with van der Waals surface area (Å²) in [4.78, 5) is 13.4. The molecule has 1 aliphatic rings. The number of carbonyl (C=O) groups excluding carboxylic acids is 1. The molecule has 0 atom stereocenters. The molecule has 0 saturated carbocycles. The van der Waals surface area contributed by atoms with Gasteiger partial charge in [-0.25, -0.2) is 4.79 Å². The number of ether oxygens (including phenoxy) is 1. The number of hydrogen-bond acceptors (Lipinski definition) is 3. The van der Waals surface area contributed by atoms with E-state index in [0.29, 0.717) is 12.5 Å². The van der Waals surface area contributed by atoms with E-state index in [9.17, 15) is 4.79 Å². The van der Waals surface area contributed by atoms with Gasteiger partial charge in [0.2, 0.25) is 0 Å². The predicted molar refractivity (Wildman–Crippen MR) is 63.5 cm³/mol. The van der Waals surface area contributed by atoms with Gasteiger partial charge in [0.05, 0.1) is 0 Å². The molecule has 0 radical (unpaired) electrons. The van der Waals surface area contributed by atoms with Crippen molar-refractivity contribution in [2.24, 2.45) is 5.92 Å². The van der Waals surface area contributed by atoms with Crippen molar-refractivity contribution in [2.75, 3.05) is 46.9 Å². The van der Waals surface area contributed by atoms with Crippen LogP contribution in [0.25, 0.3) is 0 Å². The van der Waals surface area contributed by atoms with E-state index in [1.807, 2.05) is 19.0 Å². The van der Waals surface area contributed by atoms with Gasteiger partial charge in [-0.15, -0.1) is 0 Å². The fourth-order valence-electron chi connectivity index (χ4n) is 1.64. The van der Waals surface area contributed by atoms with Crippen molar-refractivity contribution in [1.29, 1.82) is 0 Å². The van der Waals surface area contributed by atoms with Crippen LogP contribution in [0.4, 0.5) is 4.79 Å². The van der Waals surface area contributed by atoms with Gasteiger partial charge in [0.25, 0.3) is 0 Å². The smallest absolute Gasteiger partial charge is 0.314 e. The third-order valence-corrected chi connectivity index (χ3v) is 2.74. The average molecular weight is 229 g/mol. The first-order valence-electron chi connectivity index (χ1n) is 5.92. The second-order valence-corrected chi connectivity index (χ2v) is 4.50. The minimum absolute atomic E-state index is 0.0617. The maximum atomic E-state index is 11.4. The number of nitrogens with one attached hydrogen (secondary N) is 2. The molecule has 2 amide bonds. The highest BCUT2D eigenvalue weighted by molar-refractivity contribution is 5.73. The molecule has 2 N–H and O–H groups in total. The van der Waals surface area contributed by atoms with Crippen molar-refractivity contribution in [2.45, 2.75) is 12.8 Å². The minimum atomic E-state index is -0.0617. The Morgan fingerprint density at radius 3 is 2.62 bits per heavy atom. The van der Waals surface area contributed by atoms with Gasteiger partial charge in [0, 0.05) is 32.8 Å². The Morgan fingerprint density at radius 1 is 1.31 bits per heavy atom. The van der Waals surface area contributed by atoms with Crippen molar-refractivity contribution >= 4 is 6.03 Å². The molecular formula is C11H23N3O2. The lowest BCUT2D eigenvalue weighted by atomic mass is 10.0. The summed E-state index contributed by atoms with van der Waals surface area (Å²) in [5, 5.41) is 5.73. The van der Waals surface area contributed by atoms with Crippen LogP contribution in [0.5, 0.6) is 0 Å². The molecule has 1 saturated heterocycles. The van der Waals surface area contributed by atoms with E-state index in [-0.39, 0.29) is 6.03 Å². The lowest BCUT2D eigenvalue weighted by molar-refractivity contribution is 0.0669. The summed E-state index contributed by atoms with van der Waals surface area (Å²) < 4.78 is 5.26. The average Bonchev–Trinajstić information content (AvgIpc) is 2.27. The monoisotopic (exact) mass is 229 g/mol. The standard InChI is InChI=1S/C11H23N3O2/c1-14(2)6-5-12-11(15)13-9-10-3-7-16-8-4-10/h10H,3-9H2,1-2H3,(H2,12,13,15). The van der Waals surface area contributed by atoms with Crippen LogP contribution in [0, 0.1) is 5.92 Å². The first kappa shape index (κ1) is 13.3. The molecule has 0 spiro atoms. The quantitative estimate of drug-likeness (QED) is 0.711. The highest BCUT2D eigenvalue weighted by atomic mass is 16.5. The van der Waals surface area contributed by atoms with Crippen LogP contribution in [-0.2, 0) is 4.74 Å². The molecule has 0 aromatic heterocycles. The third-order valence-electron chi connectivity index (χ3n) is 2.74. The summed E-state index contributed by atoms with van der Waals surface area (Å²) in [6.45, 7) is 3.97. The molecular weight excluding hydrogens is 206 g/mol. The van der Waals surface area contributed by atoms with Gasteiger partial charge in [0.15, 0.2) is 0 Å². The summed E-state index contributed by atoms with van der Waals surface area (Å²) in [5.41, 5.74) is 0. The fraction of sp³-hybridized carbons (Fsp3) is 0.909. The van der Waals surface area contributed by atoms with Gasteiger partial charge in [-0.2, -0.15) is 0 Å². The number of rotatable bonds is 5. The number of carbonyl (C=O) groups is 1. The SMILES string of the molecule is CN(C)CCNC(=O)NCC1CCOCC1. The van der Waals surface area contributed by atoms with Crippen molar-refractivity contribution in [3.8, 4) is 0 Å². The number of amides is 2. The van der Waals surface area contributed by atoms with Gasteiger partial charge < -0.3 is 20.3 Å². The second-order valence-electron chi connectivity index (χ2n) is 4.50. The highest BCUT2D eigenvalue weighted by Gasteiger charge is 2.14. The van der Waals surface area contributed by atoms with Crippen molar-refractivity contribution < 1.29 is 9.53 Å². The number of nitrogens with zero attached hydrogens (tertiary/aromatic N) is 1. The van der Waals surface area contributed by atoms with Gasteiger partial charge in [-0.3, -0.25) is 0 Å². The van der Waals surface area contributed by atoms with Gasteiger partial charge in [-0.05, 0) is 32.9 Å². The van der Waals surface area contributed by atoms with Crippen molar-refractivity contribution in [3.63, 3.8) is 0 Å². The van der Waals surface area contributed by atoms with Crippen molar-refractivity contribution in [1.82, 2.24) is 15.5 Å². The first-order chi connectivity index (χ1) is 7.68. The van der Waals surface area contributed by atoms with Gasteiger partial charge in [-0.1, -0.05) is 0 Å². The summed E-state index contributed by atoms with van der Waals surface area (Å²) in [6, 6.07) is -0.0617. The van der Waals surface area contributed by atoms with Crippen LogP contribution < -0.4 is 10.6 Å². The molecule has 94 valence electrons. The number of likely N-dealkylation sites (N-methyl/N-ethyl adjacent to an activating group) is 1. The van der Waals surface area contributed by atoms with Crippen LogP contribution >= 0.6 is 0 Å². The lowest BCUT2D eigenvalue weighted by Crippen LogP contribution is -2.41. The third kappa shape index (κ3) is 5.92. The van der Waals surface area contributed by atoms with Crippen LogP contribution in [-0.4, -0.2) is 57.9 Å². The van der Waals surface area contributed by atoms with Gasteiger partial charge in [0.1, 0.15) is 0 Å². The molecule has 16 heavy (non-hydrogen) atoms. The van der Waals surface area contributed by atoms with E-state index < -0.39 is 0 Å². The molecule has 5 nitrogen and oxygen atoms in total. The maximum Gasteiger partial charge on any atom is 0.314 e. The first-order valence-corrected chi connectivity index (χ1v) is 5.92. The van der Waals surface area contributed by atoms with Crippen LogP contribution in [0.15, 0.2) is 0 Å². The van der Waals surface area contributed by atoms with Crippen LogP contribution in [0.1, 0.15) is 12.8 Å². The van der Waals surface area contributed by atoms with E-state index >= 15 is 0 Å². The predicted octanol–water partition coefficient (Wildman–Crippen LogP) is 0.274. The Labute approximate surface area is 97.5 Å². The Hall–Kier alpha value is -0.810. The molecule has 1 heterocycles. The van der Waals surface area contributed by atoms with Gasteiger partial charge >= 0.3 is 6.03 Å². The summed E-state index contributed by atoms with van der Waals surface area (Å²) in [7, 11) is 3.98. The van der Waals surface area contributed by atoms with E-state index in [1.165, 1.54) is 0 Å². The lowest BCUT2D eigenvalue weighted by Gasteiger charge is -2.22. The topological polar surface area (TPSA) is 53.6 Å².